The molecule has 2 aromatic carbocycles. The van der Waals surface area contributed by atoms with Gasteiger partial charge in [0.2, 0.25) is 11.8 Å². The SMILES string of the molecule is COc1ccc(-c2ccccc2)c2nc(NC(=O)c3ccc(Br)cc3)nn12. The fourth-order valence-corrected chi connectivity index (χ4v) is 3.03. The topological polar surface area (TPSA) is 68.5 Å². The van der Waals surface area contributed by atoms with E-state index in [0.29, 0.717) is 17.1 Å². The van der Waals surface area contributed by atoms with Crippen molar-refractivity contribution in [1.29, 1.82) is 0 Å². The van der Waals surface area contributed by atoms with Gasteiger partial charge in [-0.2, -0.15) is 9.50 Å². The Morgan fingerprint density at radius 2 is 1.78 bits per heavy atom. The minimum absolute atomic E-state index is 0.213. The Morgan fingerprint density at radius 3 is 2.48 bits per heavy atom. The summed E-state index contributed by atoms with van der Waals surface area (Å²) in [4.78, 5) is 17.0. The number of methoxy groups -OCH3 is 1. The summed E-state index contributed by atoms with van der Waals surface area (Å²) in [6, 6.07) is 20.7. The molecule has 1 N–H and O–H groups in total. The van der Waals surface area contributed by atoms with Gasteiger partial charge in [0, 0.05) is 21.7 Å². The monoisotopic (exact) mass is 422 g/mol. The highest BCUT2D eigenvalue weighted by Crippen LogP contribution is 2.27. The van der Waals surface area contributed by atoms with E-state index in [2.05, 4.69) is 31.3 Å². The van der Waals surface area contributed by atoms with E-state index in [1.54, 1.807) is 23.8 Å². The summed E-state index contributed by atoms with van der Waals surface area (Å²) < 4.78 is 7.86. The second-order valence-corrected chi connectivity index (χ2v) is 6.70. The number of hydrogen-bond donors (Lipinski definition) is 1. The van der Waals surface area contributed by atoms with Crippen LogP contribution in [0.5, 0.6) is 5.88 Å². The van der Waals surface area contributed by atoms with Crippen molar-refractivity contribution in [3.8, 4) is 17.0 Å². The number of aromatic nitrogens is 3. The third-order valence-electron chi connectivity index (χ3n) is 4.08. The van der Waals surface area contributed by atoms with E-state index in [1.165, 1.54) is 0 Å². The number of anilines is 1. The number of carbonyl (C=O) groups is 1. The van der Waals surface area contributed by atoms with Crippen LogP contribution in [0.15, 0.2) is 71.2 Å². The van der Waals surface area contributed by atoms with Gasteiger partial charge in [-0.3, -0.25) is 10.1 Å². The predicted octanol–water partition coefficient (Wildman–Crippen LogP) is 4.42. The molecule has 1 amide bonds. The standard InChI is InChI=1S/C20H15BrN4O2/c1-27-17-12-11-16(13-5-3-2-4-6-13)18-22-20(24-25(17)18)23-19(26)14-7-9-15(21)10-8-14/h2-12H,1H3,(H,23,24,26). The van der Waals surface area contributed by atoms with Crippen LogP contribution in [0, 0.1) is 0 Å². The number of rotatable bonds is 4. The summed E-state index contributed by atoms with van der Waals surface area (Å²) in [5.41, 5.74) is 3.02. The molecule has 6 nitrogen and oxygen atoms in total. The Labute approximate surface area is 163 Å². The maximum Gasteiger partial charge on any atom is 0.258 e. The Balaban J connectivity index is 1.74. The molecule has 0 aliphatic rings. The lowest BCUT2D eigenvalue weighted by Crippen LogP contribution is -2.12. The molecule has 0 aliphatic carbocycles. The lowest BCUT2D eigenvalue weighted by molar-refractivity contribution is 0.102. The number of fused-ring (bicyclic) bond motifs is 1. The summed E-state index contributed by atoms with van der Waals surface area (Å²) in [5.74, 6) is 0.463. The quantitative estimate of drug-likeness (QED) is 0.528. The number of pyridine rings is 1. The average molecular weight is 423 g/mol. The van der Waals surface area contributed by atoms with Gasteiger partial charge in [0.25, 0.3) is 5.91 Å². The predicted molar refractivity (Wildman–Crippen MR) is 107 cm³/mol. The molecule has 0 atom stereocenters. The summed E-state index contributed by atoms with van der Waals surface area (Å²) in [6.07, 6.45) is 0. The van der Waals surface area contributed by atoms with Crippen LogP contribution in [0.25, 0.3) is 16.8 Å². The Kier molecular flexibility index (Phi) is 4.60. The number of halogens is 1. The lowest BCUT2D eigenvalue weighted by Gasteiger charge is -2.06. The van der Waals surface area contributed by atoms with Crippen molar-refractivity contribution < 1.29 is 9.53 Å². The molecule has 0 saturated heterocycles. The van der Waals surface area contributed by atoms with Gasteiger partial charge in [-0.1, -0.05) is 46.3 Å². The molecule has 7 heteroatoms. The van der Waals surface area contributed by atoms with Crippen molar-refractivity contribution in [2.24, 2.45) is 0 Å². The van der Waals surface area contributed by atoms with Crippen molar-refractivity contribution in [3.63, 3.8) is 0 Å². The number of benzene rings is 2. The van der Waals surface area contributed by atoms with Gasteiger partial charge in [0.15, 0.2) is 5.65 Å². The summed E-state index contributed by atoms with van der Waals surface area (Å²) in [5, 5.41) is 7.14. The van der Waals surface area contributed by atoms with E-state index >= 15 is 0 Å². The molecule has 4 rings (SSSR count). The smallest absolute Gasteiger partial charge is 0.258 e. The lowest BCUT2D eigenvalue weighted by atomic mass is 10.1. The van der Waals surface area contributed by atoms with Crippen LogP contribution in [0.4, 0.5) is 5.95 Å². The van der Waals surface area contributed by atoms with E-state index in [9.17, 15) is 4.79 Å². The second kappa shape index (κ2) is 7.20. The van der Waals surface area contributed by atoms with Gasteiger partial charge in [-0.05, 0) is 35.9 Å². The highest BCUT2D eigenvalue weighted by molar-refractivity contribution is 9.10. The number of nitrogens with zero attached hydrogens (tertiary/aromatic N) is 3. The molecule has 4 aromatic rings. The van der Waals surface area contributed by atoms with Crippen molar-refractivity contribution in [1.82, 2.24) is 14.6 Å². The highest BCUT2D eigenvalue weighted by Gasteiger charge is 2.15. The second-order valence-electron chi connectivity index (χ2n) is 5.79. The van der Waals surface area contributed by atoms with E-state index in [-0.39, 0.29) is 11.9 Å². The van der Waals surface area contributed by atoms with Crippen LogP contribution in [0.3, 0.4) is 0 Å². The fraction of sp³-hybridized carbons (Fsp3) is 0.0500. The maximum absolute atomic E-state index is 12.5. The molecular weight excluding hydrogens is 408 g/mol. The first kappa shape index (κ1) is 17.2. The number of hydrogen-bond acceptors (Lipinski definition) is 4. The summed E-state index contributed by atoms with van der Waals surface area (Å²) in [6.45, 7) is 0. The highest BCUT2D eigenvalue weighted by atomic mass is 79.9. The molecule has 134 valence electrons. The van der Waals surface area contributed by atoms with Crippen molar-refractivity contribution in [2.75, 3.05) is 12.4 Å². The van der Waals surface area contributed by atoms with Crippen LogP contribution in [0.2, 0.25) is 0 Å². The molecule has 0 spiro atoms. The Bertz CT molecular complexity index is 1110. The maximum atomic E-state index is 12.5. The van der Waals surface area contributed by atoms with Crippen LogP contribution in [-0.4, -0.2) is 27.6 Å². The van der Waals surface area contributed by atoms with Crippen LogP contribution >= 0.6 is 15.9 Å². The first-order chi connectivity index (χ1) is 13.2. The molecule has 0 aliphatic heterocycles. The third kappa shape index (κ3) is 3.41. The fourth-order valence-electron chi connectivity index (χ4n) is 2.77. The molecule has 2 aromatic heterocycles. The van der Waals surface area contributed by atoms with Gasteiger partial charge >= 0.3 is 0 Å². The summed E-state index contributed by atoms with van der Waals surface area (Å²) >= 11 is 3.36. The van der Waals surface area contributed by atoms with Crippen LogP contribution in [-0.2, 0) is 0 Å². The van der Waals surface area contributed by atoms with Gasteiger partial charge in [0.05, 0.1) is 7.11 Å². The number of ether oxygens (including phenoxy) is 1. The molecule has 0 unspecified atom stereocenters. The van der Waals surface area contributed by atoms with Crippen LogP contribution in [0.1, 0.15) is 10.4 Å². The largest absolute Gasteiger partial charge is 0.481 e. The minimum Gasteiger partial charge on any atom is -0.481 e. The number of carbonyl (C=O) groups excluding carboxylic acids is 1. The first-order valence-electron chi connectivity index (χ1n) is 8.22. The molecule has 0 radical (unpaired) electrons. The Morgan fingerprint density at radius 1 is 1.04 bits per heavy atom. The van der Waals surface area contributed by atoms with Gasteiger partial charge in [-0.15, -0.1) is 5.10 Å². The minimum atomic E-state index is -0.279. The summed E-state index contributed by atoms with van der Waals surface area (Å²) in [7, 11) is 1.57. The van der Waals surface area contributed by atoms with E-state index in [1.807, 2.05) is 54.6 Å². The van der Waals surface area contributed by atoms with Crippen molar-refractivity contribution >= 4 is 33.4 Å². The van der Waals surface area contributed by atoms with E-state index in [4.69, 9.17) is 4.74 Å². The molecule has 2 heterocycles. The van der Waals surface area contributed by atoms with Crippen LogP contribution < -0.4 is 10.1 Å². The normalized spacial score (nSPS) is 10.7. The molecule has 0 fully saturated rings. The Hall–Kier alpha value is -3.19. The molecule has 0 saturated carbocycles. The van der Waals surface area contributed by atoms with Gasteiger partial charge in [0.1, 0.15) is 0 Å². The average Bonchev–Trinajstić information content (AvgIpc) is 3.11. The molecule has 0 bridgehead atoms. The number of nitrogens with one attached hydrogen (secondary N) is 1. The third-order valence-corrected chi connectivity index (χ3v) is 4.60. The molecular formula is C20H15BrN4O2. The first-order valence-corrected chi connectivity index (χ1v) is 9.01. The zero-order chi connectivity index (χ0) is 18.8. The van der Waals surface area contributed by atoms with Gasteiger partial charge < -0.3 is 4.74 Å². The number of amides is 1. The van der Waals surface area contributed by atoms with E-state index < -0.39 is 0 Å². The van der Waals surface area contributed by atoms with Gasteiger partial charge in [-0.25, -0.2) is 0 Å². The zero-order valence-electron chi connectivity index (χ0n) is 14.4. The molecule has 27 heavy (non-hydrogen) atoms. The zero-order valence-corrected chi connectivity index (χ0v) is 16.0. The van der Waals surface area contributed by atoms with Crippen molar-refractivity contribution in [2.45, 2.75) is 0 Å². The van der Waals surface area contributed by atoms with E-state index in [0.717, 1.165) is 15.6 Å². The van der Waals surface area contributed by atoms with Crippen molar-refractivity contribution in [3.05, 3.63) is 76.8 Å².